The summed E-state index contributed by atoms with van der Waals surface area (Å²) in [6, 6.07) is 3.01. The summed E-state index contributed by atoms with van der Waals surface area (Å²) >= 11 is 16.8. The van der Waals surface area contributed by atoms with Crippen molar-refractivity contribution in [1.29, 1.82) is 0 Å². The zero-order valence-electron chi connectivity index (χ0n) is 11.1. The van der Waals surface area contributed by atoms with Crippen molar-refractivity contribution in [3.05, 3.63) is 27.7 Å². The van der Waals surface area contributed by atoms with Crippen molar-refractivity contribution in [3.63, 3.8) is 0 Å². The molecule has 0 aliphatic carbocycles. The molecule has 0 radical (unpaired) electrons. The Bertz CT molecular complexity index is 548. The first-order valence-electron chi connectivity index (χ1n) is 6.43. The van der Waals surface area contributed by atoms with Crippen LogP contribution in [0.3, 0.4) is 0 Å². The number of phenolic OH excluding ortho intramolecular Hbond substituents is 1. The van der Waals surface area contributed by atoms with E-state index in [0.717, 1.165) is 19.4 Å². The van der Waals surface area contributed by atoms with Crippen LogP contribution in [0.4, 0.5) is 0 Å². The fraction of sp³-hybridized carbons (Fsp3) is 0.385. The summed E-state index contributed by atoms with van der Waals surface area (Å²) in [5.41, 5.74) is 3.06. The van der Waals surface area contributed by atoms with Crippen molar-refractivity contribution in [2.45, 2.75) is 18.9 Å². The maximum Gasteiger partial charge on any atom is 0.187 e. The Morgan fingerprint density at radius 1 is 1.52 bits per heavy atom. The van der Waals surface area contributed by atoms with Crippen LogP contribution in [0, 0.1) is 0 Å². The highest BCUT2D eigenvalue weighted by atomic mass is 35.5. The van der Waals surface area contributed by atoms with E-state index in [4.69, 9.17) is 40.2 Å². The lowest BCUT2D eigenvalue weighted by Crippen LogP contribution is -2.37. The molecule has 1 aromatic rings. The number of phenols is 1. The van der Waals surface area contributed by atoms with Gasteiger partial charge < -0.3 is 15.2 Å². The van der Waals surface area contributed by atoms with Crippen LogP contribution in [0.15, 0.2) is 17.2 Å². The third-order valence-electron chi connectivity index (χ3n) is 2.94. The first-order valence-corrected chi connectivity index (χ1v) is 7.59. The highest BCUT2D eigenvalue weighted by molar-refractivity contribution is 7.80. The molecule has 1 atom stereocenters. The van der Waals surface area contributed by atoms with Crippen LogP contribution in [0.25, 0.3) is 0 Å². The third-order valence-corrected chi connectivity index (χ3v) is 3.68. The van der Waals surface area contributed by atoms with Gasteiger partial charge in [0.2, 0.25) is 0 Å². The second-order valence-corrected chi connectivity index (χ2v) is 5.79. The summed E-state index contributed by atoms with van der Waals surface area (Å²) in [5.74, 6) is -0.0788. The molecule has 1 heterocycles. The SMILES string of the molecule is Oc1c(Cl)cc(Cl)cc1/C=N\NC(=S)NC[C@@H]1CCCO1. The number of rotatable bonds is 4. The van der Waals surface area contributed by atoms with Crippen molar-refractivity contribution < 1.29 is 9.84 Å². The summed E-state index contributed by atoms with van der Waals surface area (Å²) in [7, 11) is 0. The van der Waals surface area contributed by atoms with Crippen LogP contribution in [0.1, 0.15) is 18.4 Å². The molecule has 3 N–H and O–H groups in total. The van der Waals surface area contributed by atoms with Crippen molar-refractivity contribution in [1.82, 2.24) is 10.7 Å². The summed E-state index contributed by atoms with van der Waals surface area (Å²) in [6.07, 6.45) is 3.71. The molecule has 0 spiro atoms. The molecule has 1 aliphatic rings. The van der Waals surface area contributed by atoms with Gasteiger partial charge in [0.15, 0.2) is 5.11 Å². The smallest absolute Gasteiger partial charge is 0.187 e. The summed E-state index contributed by atoms with van der Waals surface area (Å²) in [5, 5.41) is 17.7. The molecule has 1 aromatic carbocycles. The lowest BCUT2D eigenvalue weighted by atomic mass is 10.2. The van der Waals surface area contributed by atoms with Gasteiger partial charge in [-0.3, -0.25) is 5.43 Å². The van der Waals surface area contributed by atoms with Crippen LogP contribution in [0.2, 0.25) is 10.0 Å². The van der Waals surface area contributed by atoms with Gasteiger partial charge in [-0.2, -0.15) is 5.10 Å². The Labute approximate surface area is 138 Å². The predicted molar refractivity (Wildman–Crippen MR) is 88.4 cm³/mol. The quantitative estimate of drug-likeness (QED) is 0.444. The van der Waals surface area contributed by atoms with E-state index in [1.54, 1.807) is 6.07 Å². The van der Waals surface area contributed by atoms with Crippen LogP contribution < -0.4 is 10.7 Å². The third kappa shape index (κ3) is 5.00. The van der Waals surface area contributed by atoms with Crippen LogP contribution in [-0.4, -0.2) is 35.7 Å². The molecule has 0 aromatic heterocycles. The van der Waals surface area contributed by atoms with E-state index >= 15 is 0 Å². The van der Waals surface area contributed by atoms with E-state index in [1.807, 2.05) is 0 Å². The average Bonchev–Trinajstić information content (AvgIpc) is 2.95. The summed E-state index contributed by atoms with van der Waals surface area (Å²) < 4.78 is 5.47. The van der Waals surface area contributed by atoms with Crippen molar-refractivity contribution in [3.8, 4) is 5.75 Å². The minimum atomic E-state index is -0.0788. The van der Waals surface area contributed by atoms with Gasteiger partial charge in [-0.1, -0.05) is 23.2 Å². The number of thiocarbonyl (C=S) groups is 1. The van der Waals surface area contributed by atoms with E-state index < -0.39 is 0 Å². The zero-order chi connectivity index (χ0) is 15.2. The molecule has 0 saturated carbocycles. The highest BCUT2D eigenvalue weighted by Gasteiger charge is 2.15. The van der Waals surface area contributed by atoms with Crippen molar-refractivity contribution in [2.24, 2.45) is 5.10 Å². The van der Waals surface area contributed by atoms with Gasteiger partial charge >= 0.3 is 0 Å². The van der Waals surface area contributed by atoms with Gasteiger partial charge in [-0.15, -0.1) is 0 Å². The van der Waals surface area contributed by atoms with Crippen LogP contribution in [-0.2, 0) is 4.74 Å². The number of hydrogen-bond acceptors (Lipinski definition) is 4. The highest BCUT2D eigenvalue weighted by Crippen LogP contribution is 2.29. The predicted octanol–water partition coefficient (Wildman–Crippen LogP) is 2.68. The van der Waals surface area contributed by atoms with E-state index in [9.17, 15) is 5.11 Å². The van der Waals surface area contributed by atoms with Gasteiger partial charge in [0.1, 0.15) is 5.75 Å². The van der Waals surface area contributed by atoms with E-state index in [1.165, 1.54) is 12.3 Å². The van der Waals surface area contributed by atoms with Crippen molar-refractivity contribution in [2.75, 3.05) is 13.2 Å². The maximum atomic E-state index is 9.76. The van der Waals surface area contributed by atoms with Gasteiger partial charge in [-0.25, -0.2) is 0 Å². The molecule has 1 fully saturated rings. The van der Waals surface area contributed by atoms with Gasteiger partial charge in [0, 0.05) is 23.7 Å². The molecule has 114 valence electrons. The zero-order valence-corrected chi connectivity index (χ0v) is 13.4. The standard InChI is InChI=1S/C13H15Cl2N3O2S/c14-9-4-8(12(19)11(15)5-9)6-17-18-13(21)16-7-10-2-1-3-20-10/h4-6,10,19H,1-3,7H2,(H2,16,18,21)/b17-6-/t10-/m0/s1. The Hall–Kier alpha value is -1.08. The molecule has 1 saturated heterocycles. The minimum Gasteiger partial charge on any atom is -0.506 e. The fourth-order valence-corrected chi connectivity index (χ4v) is 2.54. The maximum absolute atomic E-state index is 9.76. The molecular weight excluding hydrogens is 333 g/mol. The van der Waals surface area contributed by atoms with Gasteiger partial charge in [0.25, 0.3) is 0 Å². The number of halogens is 2. The number of hydrogen-bond donors (Lipinski definition) is 3. The molecule has 21 heavy (non-hydrogen) atoms. The molecule has 1 aliphatic heterocycles. The molecule has 8 heteroatoms. The summed E-state index contributed by atoms with van der Waals surface area (Å²) in [6.45, 7) is 1.45. The first kappa shape index (κ1) is 16.3. The normalized spacial score (nSPS) is 18.1. The number of hydrazone groups is 1. The average molecular weight is 348 g/mol. The van der Waals surface area contributed by atoms with Crippen LogP contribution in [0.5, 0.6) is 5.75 Å². The topological polar surface area (TPSA) is 65.9 Å². The van der Waals surface area contributed by atoms with E-state index in [-0.39, 0.29) is 16.9 Å². The molecule has 0 unspecified atom stereocenters. The van der Waals surface area contributed by atoms with E-state index in [2.05, 4.69) is 15.8 Å². The van der Waals surface area contributed by atoms with Gasteiger partial charge in [0.05, 0.1) is 17.3 Å². The van der Waals surface area contributed by atoms with E-state index in [0.29, 0.717) is 22.2 Å². The van der Waals surface area contributed by atoms with Crippen molar-refractivity contribution >= 4 is 46.7 Å². The molecule has 0 bridgehead atoms. The number of aromatic hydroxyl groups is 1. The number of nitrogens with zero attached hydrogens (tertiary/aromatic N) is 1. The van der Waals surface area contributed by atoms with Gasteiger partial charge in [-0.05, 0) is 37.2 Å². The molecule has 0 amide bonds. The lowest BCUT2D eigenvalue weighted by molar-refractivity contribution is 0.114. The number of nitrogens with one attached hydrogen (secondary N) is 2. The lowest BCUT2D eigenvalue weighted by Gasteiger charge is -2.11. The fourth-order valence-electron chi connectivity index (χ4n) is 1.90. The molecule has 5 nitrogen and oxygen atoms in total. The number of benzene rings is 1. The number of ether oxygens (including phenoxy) is 1. The minimum absolute atomic E-state index is 0.0788. The Morgan fingerprint density at radius 2 is 2.33 bits per heavy atom. The summed E-state index contributed by atoms with van der Waals surface area (Å²) in [4.78, 5) is 0. The molecule has 2 rings (SSSR count). The monoisotopic (exact) mass is 347 g/mol. The second kappa shape index (κ2) is 7.79. The Kier molecular flexibility index (Phi) is 6.05. The first-order chi connectivity index (χ1) is 10.1. The second-order valence-electron chi connectivity index (χ2n) is 4.54. The molecular formula is C13H15Cl2N3O2S. The Balaban J connectivity index is 1.82. The largest absolute Gasteiger partial charge is 0.506 e. The van der Waals surface area contributed by atoms with Crippen LogP contribution >= 0.6 is 35.4 Å². The Morgan fingerprint density at radius 3 is 3.05 bits per heavy atom.